The predicted molar refractivity (Wildman–Crippen MR) is 66.3 cm³/mol. The van der Waals surface area contributed by atoms with Gasteiger partial charge in [-0.15, -0.1) is 0 Å². The molecular formula is C13H28O3. The van der Waals surface area contributed by atoms with Crippen molar-refractivity contribution in [3.05, 3.63) is 0 Å². The molecule has 98 valence electrons. The maximum Gasteiger partial charge on any atom is 0.0825 e. The Bertz CT molecular complexity index is 128. The molecule has 0 aliphatic rings. The first-order chi connectivity index (χ1) is 7.81. The molecule has 0 aromatic heterocycles. The van der Waals surface area contributed by atoms with E-state index in [0.717, 1.165) is 38.9 Å². The molecule has 0 aromatic rings. The summed E-state index contributed by atoms with van der Waals surface area (Å²) in [6.07, 6.45) is 5.56. The summed E-state index contributed by atoms with van der Waals surface area (Å²) in [5.74, 6) is 0.548. The summed E-state index contributed by atoms with van der Waals surface area (Å²) in [5.41, 5.74) is 0. The Labute approximate surface area is 100 Å². The Morgan fingerprint density at radius 3 is 2.19 bits per heavy atom. The third-order valence-electron chi connectivity index (χ3n) is 2.40. The van der Waals surface area contributed by atoms with Crippen molar-refractivity contribution >= 4 is 0 Å². The lowest BCUT2D eigenvalue weighted by atomic mass is 10.1. The van der Waals surface area contributed by atoms with Gasteiger partial charge in [-0.1, -0.05) is 33.6 Å². The van der Waals surface area contributed by atoms with Crippen LogP contribution in [0.15, 0.2) is 0 Å². The minimum atomic E-state index is 0.548. The van der Waals surface area contributed by atoms with Gasteiger partial charge in [0.2, 0.25) is 0 Å². The molecule has 1 unspecified atom stereocenters. The number of ether oxygens (including phenoxy) is 1. The van der Waals surface area contributed by atoms with Crippen LogP contribution in [0.1, 0.15) is 52.9 Å². The van der Waals surface area contributed by atoms with Gasteiger partial charge in [0, 0.05) is 13.2 Å². The first-order valence-electron chi connectivity index (χ1n) is 6.63. The van der Waals surface area contributed by atoms with Crippen molar-refractivity contribution in [1.29, 1.82) is 0 Å². The van der Waals surface area contributed by atoms with Gasteiger partial charge in [0.15, 0.2) is 0 Å². The molecule has 0 bridgehead atoms. The molecule has 1 atom stereocenters. The Kier molecular flexibility index (Phi) is 12.9. The van der Waals surface area contributed by atoms with Crippen LogP contribution in [0, 0.1) is 5.92 Å². The smallest absolute Gasteiger partial charge is 0.0825 e. The zero-order chi connectivity index (χ0) is 12.1. The van der Waals surface area contributed by atoms with E-state index in [1.54, 1.807) is 0 Å². The van der Waals surface area contributed by atoms with Crippen LogP contribution in [-0.4, -0.2) is 26.4 Å². The van der Waals surface area contributed by atoms with Crippen LogP contribution in [0.3, 0.4) is 0 Å². The summed E-state index contributed by atoms with van der Waals surface area (Å²) < 4.78 is 5.54. The van der Waals surface area contributed by atoms with Crippen LogP contribution in [0.2, 0.25) is 0 Å². The molecule has 3 nitrogen and oxygen atoms in total. The molecule has 0 saturated heterocycles. The minimum absolute atomic E-state index is 0.548. The van der Waals surface area contributed by atoms with Gasteiger partial charge in [0.25, 0.3) is 0 Å². The van der Waals surface area contributed by atoms with E-state index in [4.69, 9.17) is 14.5 Å². The van der Waals surface area contributed by atoms with Crippen LogP contribution in [-0.2, 0) is 14.5 Å². The lowest BCUT2D eigenvalue weighted by molar-refractivity contribution is -0.296. The average Bonchev–Trinajstić information content (AvgIpc) is 2.29. The zero-order valence-corrected chi connectivity index (χ0v) is 11.2. The van der Waals surface area contributed by atoms with Gasteiger partial charge in [-0.25, -0.2) is 9.78 Å². The van der Waals surface area contributed by atoms with Gasteiger partial charge in [-0.2, -0.15) is 0 Å². The highest BCUT2D eigenvalue weighted by molar-refractivity contribution is 4.49. The van der Waals surface area contributed by atoms with Gasteiger partial charge in [-0.05, 0) is 25.2 Å². The van der Waals surface area contributed by atoms with Crippen molar-refractivity contribution in [2.24, 2.45) is 5.92 Å². The third-order valence-corrected chi connectivity index (χ3v) is 2.40. The summed E-state index contributed by atoms with van der Waals surface area (Å²) in [5, 5.41) is 0. The molecule has 0 amide bonds. The first kappa shape index (κ1) is 15.9. The third kappa shape index (κ3) is 12.0. The molecule has 0 aliphatic carbocycles. The molecule has 0 heterocycles. The number of hydrogen-bond acceptors (Lipinski definition) is 3. The average molecular weight is 232 g/mol. The Hall–Kier alpha value is -0.120. The topological polar surface area (TPSA) is 27.7 Å². The molecule has 0 saturated carbocycles. The summed E-state index contributed by atoms with van der Waals surface area (Å²) in [7, 11) is 0. The van der Waals surface area contributed by atoms with Crippen LogP contribution in [0.4, 0.5) is 0 Å². The second-order valence-corrected chi connectivity index (χ2v) is 4.32. The fraction of sp³-hybridized carbons (Fsp3) is 1.00. The van der Waals surface area contributed by atoms with Gasteiger partial charge < -0.3 is 4.74 Å². The Morgan fingerprint density at radius 2 is 1.50 bits per heavy atom. The summed E-state index contributed by atoms with van der Waals surface area (Å²) in [6, 6.07) is 0. The summed E-state index contributed by atoms with van der Waals surface area (Å²) in [6.45, 7) is 9.58. The van der Waals surface area contributed by atoms with Crippen LogP contribution >= 0.6 is 0 Å². The standard InChI is InChI=1S/C13H28O3/c1-4-6-9-14-12-13(3)8-11-16-15-10-7-5-2/h13H,4-12H2,1-3H3. The van der Waals surface area contributed by atoms with Crippen LogP contribution < -0.4 is 0 Å². The van der Waals surface area contributed by atoms with E-state index in [9.17, 15) is 0 Å². The lowest BCUT2D eigenvalue weighted by Gasteiger charge is -2.11. The fourth-order valence-electron chi connectivity index (χ4n) is 1.18. The number of hydrogen-bond donors (Lipinski definition) is 0. The molecule has 0 fully saturated rings. The zero-order valence-electron chi connectivity index (χ0n) is 11.2. The van der Waals surface area contributed by atoms with Crippen molar-refractivity contribution in [3.8, 4) is 0 Å². The summed E-state index contributed by atoms with van der Waals surface area (Å²) >= 11 is 0. The minimum Gasteiger partial charge on any atom is -0.381 e. The van der Waals surface area contributed by atoms with E-state index in [1.807, 2.05) is 0 Å². The maximum absolute atomic E-state index is 5.54. The normalized spacial score (nSPS) is 12.9. The molecule has 0 aliphatic heterocycles. The van der Waals surface area contributed by atoms with Gasteiger partial charge >= 0.3 is 0 Å². The van der Waals surface area contributed by atoms with E-state index >= 15 is 0 Å². The predicted octanol–water partition coefficient (Wildman–Crippen LogP) is 3.58. The molecule has 3 heteroatoms. The number of rotatable bonds is 12. The van der Waals surface area contributed by atoms with Crippen LogP contribution in [0.5, 0.6) is 0 Å². The fourth-order valence-corrected chi connectivity index (χ4v) is 1.18. The largest absolute Gasteiger partial charge is 0.381 e. The van der Waals surface area contributed by atoms with Crippen LogP contribution in [0.25, 0.3) is 0 Å². The monoisotopic (exact) mass is 232 g/mol. The molecule has 16 heavy (non-hydrogen) atoms. The highest BCUT2D eigenvalue weighted by Gasteiger charge is 2.02. The van der Waals surface area contributed by atoms with Crippen molar-refractivity contribution < 1.29 is 14.5 Å². The highest BCUT2D eigenvalue weighted by Crippen LogP contribution is 2.03. The molecule has 0 N–H and O–H groups in total. The Balaban J connectivity index is 3.08. The maximum atomic E-state index is 5.54. The molecule has 0 spiro atoms. The van der Waals surface area contributed by atoms with Gasteiger partial charge in [0.05, 0.1) is 13.2 Å². The van der Waals surface area contributed by atoms with Gasteiger partial charge in [0.1, 0.15) is 0 Å². The molecular weight excluding hydrogens is 204 g/mol. The molecule has 0 radical (unpaired) electrons. The molecule has 0 rings (SSSR count). The Morgan fingerprint density at radius 1 is 0.875 bits per heavy atom. The van der Waals surface area contributed by atoms with Crippen molar-refractivity contribution in [1.82, 2.24) is 0 Å². The quantitative estimate of drug-likeness (QED) is 0.292. The van der Waals surface area contributed by atoms with Crippen molar-refractivity contribution in [3.63, 3.8) is 0 Å². The van der Waals surface area contributed by atoms with E-state index in [2.05, 4.69) is 20.8 Å². The first-order valence-corrected chi connectivity index (χ1v) is 6.63. The second kappa shape index (κ2) is 12.9. The van der Waals surface area contributed by atoms with Crippen molar-refractivity contribution in [2.45, 2.75) is 52.9 Å². The molecule has 0 aromatic carbocycles. The van der Waals surface area contributed by atoms with E-state index < -0.39 is 0 Å². The number of unbranched alkanes of at least 4 members (excludes halogenated alkanes) is 2. The van der Waals surface area contributed by atoms with Gasteiger partial charge in [-0.3, -0.25) is 0 Å². The van der Waals surface area contributed by atoms with E-state index in [-0.39, 0.29) is 0 Å². The second-order valence-electron chi connectivity index (χ2n) is 4.32. The van der Waals surface area contributed by atoms with E-state index in [0.29, 0.717) is 19.1 Å². The van der Waals surface area contributed by atoms with Crippen molar-refractivity contribution in [2.75, 3.05) is 26.4 Å². The SMILES string of the molecule is CCCCOCC(C)CCOOCCCC. The van der Waals surface area contributed by atoms with E-state index in [1.165, 1.54) is 6.42 Å². The lowest BCUT2D eigenvalue weighted by Crippen LogP contribution is -2.10. The summed E-state index contributed by atoms with van der Waals surface area (Å²) in [4.78, 5) is 10.1. The highest BCUT2D eigenvalue weighted by atomic mass is 17.2.